The summed E-state index contributed by atoms with van der Waals surface area (Å²) in [5.74, 6) is 0. The lowest BCUT2D eigenvalue weighted by Crippen LogP contribution is -2.22. The van der Waals surface area contributed by atoms with Crippen molar-refractivity contribution in [3.05, 3.63) is 33.8 Å². The van der Waals surface area contributed by atoms with Gasteiger partial charge in [0.25, 0.3) is 0 Å². The van der Waals surface area contributed by atoms with Crippen LogP contribution >= 0.6 is 23.2 Å². The maximum atomic E-state index is 6.20. The number of benzene rings is 1. The third-order valence-electron chi connectivity index (χ3n) is 2.77. The monoisotopic (exact) mass is 274 g/mol. The summed E-state index contributed by atoms with van der Waals surface area (Å²) < 4.78 is 0. The maximum absolute atomic E-state index is 6.20. The zero-order valence-electron chi connectivity index (χ0n) is 10.2. The van der Waals surface area contributed by atoms with Gasteiger partial charge in [-0.2, -0.15) is 0 Å². The van der Waals surface area contributed by atoms with Crippen molar-refractivity contribution in [2.45, 2.75) is 32.2 Å². The Bertz CT molecular complexity index is 342. The van der Waals surface area contributed by atoms with E-state index in [-0.39, 0.29) is 6.04 Å². The lowest BCUT2D eigenvalue weighted by atomic mass is 10.0. The summed E-state index contributed by atoms with van der Waals surface area (Å²) in [4.78, 5) is 0. The second-order valence-corrected chi connectivity index (χ2v) is 4.92. The van der Waals surface area contributed by atoms with Gasteiger partial charge >= 0.3 is 0 Å². The first kappa shape index (κ1) is 14.8. The van der Waals surface area contributed by atoms with Crippen molar-refractivity contribution in [3.8, 4) is 0 Å². The summed E-state index contributed by atoms with van der Waals surface area (Å²) in [6, 6.07) is 5.96. The van der Waals surface area contributed by atoms with Gasteiger partial charge in [0.2, 0.25) is 0 Å². The van der Waals surface area contributed by atoms with Gasteiger partial charge in [-0.05, 0) is 50.0 Å². The summed E-state index contributed by atoms with van der Waals surface area (Å²) in [5, 5.41) is 4.91. The molecule has 0 bridgehead atoms. The molecule has 0 aliphatic heterocycles. The first-order chi connectivity index (χ1) is 8.19. The average Bonchev–Trinajstić information content (AvgIpc) is 2.31. The fourth-order valence-electron chi connectivity index (χ4n) is 1.80. The molecule has 0 aliphatic rings. The number of unbranched alkanes of at least 4 members (excludes halogenated alkanes) is 1. The molecular weight excluding hydrogens is 255 g/mol. The number of hydrogen-bond acceptors (Lipinski definition) is 2. The van der Waals surface area contributed by atoms with Crippen LogP contribution in [-0.2, 0) is 0 Å². The minimum Gasteiger partial charge on any atom is -0.330 e. The van der Waals surface area contributed by atoms with Gasteiger partial charge in [-0.25, -0.2) is 0 Å². The third-order valence-corrected chi connectivity index (χ3v) is 3.33. The van der Waals surface area contributed by atoms with E-state index < -0.39 is 0 Å². The molecular formula is C13H20Cl2N2. The molecule has 0 fully saturated rings. The number of hydrogen-bond donors (Lipinski definition) is 2. The van der Waals surface area contributed by atoms with Crippen LogP contribution in [-0.4, -0.2) is 13.1 Å². The highest BCUT2D eigenvalue weighted by Crippen LogP contribution is 2.27. The molecule has 17 heavy (non-hydrogen) atoms. The van der Waals surface area contributed by atoms with E-state index in [1.54, 1.807) is 6.07 Å². The Kier molecular flexibility index (Phi) is 6.90. The predicted molar refractivity (Wildman–Crippen MR) is 75.8 cm³/mol. The lowest BCUT2D eigenvalue weighted by Gasteiger charge is -2.18. The highest BCUT2D eigenvalue weighted by Gasteiger charge is 2.12. The van der Waals surface area contributed by atoms with Crippen molar-refractivity contribution in [2.24, 2.45) is 5.73 Å². The minimum atomic E-state index is 0.289. The molecule has 0 aliphatic carbocycles. The Morgan fingerprint density at radius 2 is 2.06 bits per heavy atom. The van der Waals surface area contributed by atoms with Crippen LogP contribution in [0.15, 0.2) is 18.2 Å². The normalized spacial score (nSPS) is 12.7. The lowest BCUT2D eigenvalue weighted by molar-refractivity contribution is 0.505. The number of nitrogens with two attached hydrogens (primary N) is 1. The van der Waals surface area contributed by atoms with Crippen LogP contribution in [0.25, 0.3) is 0 Å². The molecule has 0 aromatic heterocycles. The van der Waals surface area contributed by atoms with Crippen molar-refractivity contribution in [2.75, 3.05) is 13.1 Å². The van der Waals surface area contributed by atoms with E-state index in [0.29, 0.717) is 5.02 Å². The summed E-state index contributed by atoms with van der Waals surface area (Å²) >= 11 is 12.1. The van der Waals surface area contributed by atoms with Gasteiger partial charge < -0.3 is 11.1 Å². The Morgan fingerprint density at radius 3 is 2.65 bits per heavy atom. The SMILES string of the molecule is CCC(NCCCCN)c1ccc(Cl)cc1Cl. The fourth-order valence-corrected chi connectivity index (χ4v) is 2.34. The molecule has 1 atom stereocenters. The minimum absolute atomic E-state index is 0.289. The van der Waals surface area contributed by atoms with Crippen LogP contribution in [0.2, 0.25) is 10.0 Å². The Labute approximate surface area is 113 Å². The highest BCUT2D eigenvalue weighted by atomic mass is 35.5. The summed E-state index contributed by atoms with van der Waals surface area (Å²) in [6.45, 7) is 3.86. The molecule has 1 aromatic carbocycles. The molecule has 96 valence electrons. The number of halogens is 2. The Morgan fingerprint density at radius 1 is 1.29 bits per heavy atom. The molecule has 0 heterocycles. The van der Waals surface area contributed by atoms with Crippen LogP contribution in [0.5, 0.6) is 0 Å². The molecule has 1 rings (SSSR count). The van der Waals surface area contributed by atoms with Gasteiger partial charge in [-0.1, -0.05) is 36.2 Å². The van der Waals surface area contributed by atoms with Crippen LogP contribution in [0.1, 0.15) is 37.8 Å². The molecule has 0 saturated heterocycles. The molecule has 1 aromatic rings. The first-order valence-electron chi connectivity index (χ1n) is 6.07. The van der Waals surface area contributed by atoms with E-state index >= 15 is 0 Å². The quantitative estimate of drug-likeness (QED) is 0.743. The molecule has 0 spiro atoms. The van der Waals surface area contributed by atoms with E-state index in [1.807, 2.05) is 12.1 Å². The third kappa shape index (κ3) is 4.84. The molecule has 0 radical (unpaired) electrons. The molecule has 0 amide bonds. The van der Waals surface area contributed by atoms with E-state index in [0.717, 1.165) is 42.9 Å². The summed E-state index contributed by atoms with van der Waals surface area (Å²) in [7, 11) is 0. The van der Waals surface area contributed by atoms with Gasteiger partial charge in [-0.15, -0.1) is 0 Å². The number of rotatable bonds is 7. The van der Waals surface area contributed by atoms with Crippen LogP contribution in [0.3, 0.4) is 0 Å². The van der Waals surface area contributed by atoms with Gasteiger partial charge in [0.05, 0.1) is 0 Å². The Hall–Kier alpha value is -0.280. The van der Waals surface area contributed by atoms with Crippen LogP contribution in [0, 0.1) is 0 Å². The van der Waals surface area contributed by atoms with Crippen molar-refractivity contribution in [1.82, 2.24) is 5.32 Å². The first-order valence-corrected chi connectivity index (χ1v) is 6.83. The Balaban J connectivity index is 2.59. The molecule has 1 unspecified atom stereocenters. The summed E-state index contributed by atoms with van der Waals surface area (Å²) in [6.07, 6.45) is 3.15. The molecule has 2 nitrogen and oxygen atoms in total. The molecule has 4 heteroatoms. The zero-order valence-corrected chi connectivity index (χ0v) is 11.7. The van der Waals surface area contributed by atoms with Crippen molar-refractivity contribution in [1.29, 1.82) is 0 Å². The van der Waals surface area contributed by atoms with Crippen LogP contribution < -0.4 is 11.1 Å². The fraction of sp³-hybridized carbons (Fsp3) is 0.538. The van der Waals surface area contributed by atoms with Gasteiger partial charge in [0.15, 0.2) is 0 Å². The van der Waals surface area contributed by atoms with E-state index in [9.17, 15) is 0 Å². The van der Waals surface area contributed by atoms with E-state index in [2.05, 4.69) is 12.2 Å². The second-order valence-electron chi connectivity index (χ2n) is 4.08. The summed E-state index contributed by atoms with van der Waals surface area (Å²) in [5.41, 5.74) is 6.58. The maximum Gasteiger partial charge on any atom is 0.0468 e. The standard InChI is InChI=1S/C13H20Cl2N2/c1-2-13(17-8-4-3-7-16)11-6-5-10(14)9-12(11)15/h5-6,9,13,17H,2-4,7-8,16H2,1H3. The van der Waals surface area contributed by atoms with Crippen molar-refractivity contribution < 1.29 is 0 Å². The second kappa shape index (κ2) is 7.93. The number of nitrogens with one attached hydrogen (secondary N) is 1. The van der Waals surface area contributed by atoms with E-state index in [1.165, 1.54) is 0 Å². The topological polar surface area (TPSA) is 38.0 Å². The average molecular weight is 275 g/mol. The van der Waals surface area contributed by atoms with Crippen molar-refractivity contribution in [3.63, 3.8) is 0 Å². The zero-order chi connectivity index (χ0) is 12.7. The molecule has 3 N–H and O–H groups in total. The van der Waals surface area contributed by atoms with E-state index in [4.69, 9.17) is 28.9 Å². The smallest absolute Gasteiger partial charge is 0.0468 e. The highest BCUT2D eigenvalue weighted by molar-refractivity contribution is 6.35. The van der Waals surface area contributed by atoms with Gasteiger partial charge in [0, 0.05) is 16.1 Å². The molecule has 0 saturated carbocycles. The largest absolute Gasteiger partial charge is 0.330 e. The van der Waals surface area contributed by atoms with Crippen LogP contribution in [0.4, 0.5) is 0 Å². The predicted octanol–water partition coefficient (Wildman–Crippen LogP) is 3.77. The van der Waals surface area contributed by atoms with Gasteiger partial charge in [-0.3, -0.25) is 0 Å². The van der Waals surface area contributed by atoms with Gasteiger partial charge in [0.1, 0.15) is 0 Å². The van der Waals surface area contributed by atoms with Crippen molar-refractivity contribution >= 4 is 23.2 Å².